The van der Waals surface area contributed by atoms with E-state index >= 15 is 0 Å². The number of hydrogen-bond donors (Lipinski definition) is 2. The highest BCUT2D eigenvalue weighted by atomic mass is 35.5. The molecule has 0 bridgehead atoms. The lowest BCUT2D eigenvalue weighted by atomic mass is 10.2. The van der Waals surface area contributed by atoms with E-state index in [1.54, 1.807) is 24.3 Å². The number of nitrogen functional groups attached to an aromatic ring is 1. The average Bonchev–Trinajstić information content (AvgIpc) is 2.47. The molecule has 0 fully saturated rings. The minimum Gasteiger partial charge on any atom is -0.443 e. The summed E-state index contributed by atoms with van der Waals surface area (Å²) in [7, 11) is 0. The molecular formula is C15H16ClN3O2. The van der Waals surface area contributed by atoms with Crippen molar-refractivity contribution in [2.75, 3.05) is 5.73 Å². The van der Waals surface area contributed by atoms with Crippen molar-refractivity contribution in [3.8, 4) is 0 Å². The molecule has 0 aliphatic rings. The molecule has 110 valence electrons. The first kappa shape index (κ1) is 16.5. The summed E-state index contributed by atoms with van der Waals surface area (Å²) in [4.78, 5) is 15.2. The van der Waals surface area contributed by atoms with Gasteiger partial charge in [-0.3, -0.25) is 0 Å². The molecule has 0 saturated heterocycles. The van der Waals surface area contributed by atoms with Gasteiger partial charge in [0.2, 0.25) is 0 Å². The van der Waals surface area contributed by atoms with E-state index in [-0.39, 0.29) is 24.8 Å². The van der Waals surface area contributed by atoms with Crippen LogP contribution in [-0.2, 0) is 11.3 Å². The van der Waals surface area contributed by atoms with Gasteiger partial charge in [-0.25, -0.2) is 4.79 Å². The summed E-state index contributed by atoms with van der Waals surface area (Å²) in [6, 6.07) is 16.1. The van der Waals surface area contributed by atoms with Gasteiger partial charge in [0.15, 0.2) is 0 Å². The van der Waals surface area contributed by atoms with E-state index in [9.17, 15) is 4.79 Å². The minimum absolute atomic E-state index is 0. The Hall–Kier alpha value is -2.53. The first-order valence-corrected chi connectivity index (χ1v) is 6.06. The molecule has 0 aromatic heterocycles. The van der Waals surface area contributed by atoms with E-state index in [0.717, 1.165) is 5.56 Å². The van der Waals surface area contributed by atoms with Crippen LogP contribution in [0.5, 0.6) is 0 Å². The van der Waals surface area contributed by atoms with Crippen LogP contribution in [0.1, 0.15) is 11.1 Å². The highest BCUT2D eigenvalue weighted by Crippen LogP contribution is 2.06. The van der Waals surface area contributed by atoms with E-state index in [2.05, 4.69) is 4.99 Å². The lowest BCUT2D eigenvalue weighted by molar-refractivity contribution is 0.151. The molecule has 6 heteroatoms. The molecule has 0 aliphatic carbocycles. The highest BCUT2D eigenvalue weighted by molar-refractivity contribution is 6.02. The van der Waals surface area contributed by atoms with Gasteiger partial charge in [-0.2, -0.15) is 4.99 Å². The molecule has 4 N–H and O–H groups in total. The zero-order valence-electron chi connectivity index (χ0n) is 11.2. The number of anilines is 1. The molecule has 2 rings (SSSR count). The van der Waals surface area contributed by atoms with Gasteiger partial charge in [0.1, 0.15) is 12.4 Å². The maximum Gasteiger partial charge on any atom is 0.435 e. The highest BCUT2D eigenvalue weighted by Gasteiger charge is 2.04. The van der Waals surface area contributed by atoms with E-state index in [1.807, 2.05) is 30.3 Å². The number of nitrogens with zero attached hydrogens (tertiary/aromatic N) is 1. The van der Waals surface area contributed by atoms with Crippen LogP contribution in [0.25, 0.3) is 0 Å². The Morgan fingerprint density at radius 1 is 1.05 bits per heavy atom. The maximum absolute atomic E-state index is 11.6. The van der Waals surface area contributed by atoms with Crippen LogP contribution in [0.15, 0.2) is 59.6 Å². The van der Waals surface area contributed by atoms with Crippen molar-refractivity contribution in [3.05, 3.63) is 65.7 Å². The van der Waals surface area contributed by atoms with E-state index in [1.165, 1.54) is 0 Å². The summed E-state index contributed by atoms with van der Waals surface area (Å²) in [5.74, 6) is 0.100. The summed E-state index contributed by atoms with van der Waals surface area (Å²) >= 11 is 0. The molecule has 0 aliphatic heterocycles. The second-order valence-electron chi connectivity index (χ2n) is 4.16. The van der Waals surface area contributed by atoms with Crippen LogP contribution in [0.4, 0.5) is 10.5 Å². The molecule has 5 nitrogen and oxygen atoms in total. The van der Waals surface area contributed by atoms with Crippen molar-refractivity contribution in [1.82, 2.24) is 0 Å². The fourth-order valence-electron chi connectivity index (χ4n) is 1.57. The number of aliphatic imine (C=N–C) groups is 1. The second kappa shape index (κ2) is 7.91. The maximum atomic E-state index is 11.6. The molecule has 2 aromatic carbocycles. The molecule has 0 radical (unpaired) electrons. The molecule has 0 unspecified atom stereocenters. The number of carbonyl (C=O) groups is 1. The minimum atomic E-state index is -0.719. The third kappa shape index (κ3) is 5.16. The van der Waals surface area contributed by atoms with Gasteiger partial charge >= 0.3 is 6.09 Å². The van der Waals surface area contributed by atoms with Gasteiger partial charge in [-0.1, -0.05) is 30.3 Å². The Kier molecular flexibility index (Phi) is 6.23. The lowest BCUT2D eigenvalue weighted by Crippen LogP contribution is -2.16. The fraction of sp³-hybridized carbons (Fsp3) is 0.0667. The number of halogens is 1. The molecule has 21 heavy (non-hydrogen) atoms. The van der Waals surface area contributed by atoms with Gasteiger partial charge in [-0.05, 0) is 29.8 Å². The molecular weight excluding hydrogens is 290 g/mol. The Bertz CT molecular complexity index is 613. The van der Waals surface area contributed by atoms with Crippen LogP contribution < -0.4 is 11.5 Å². The van der Waals surface area contributed by atoms with Crippen LogP contribution in [0.3, 0.4) is 0 Å². The summed E-state index contributed by atoms with van der Waals surface area (Å²) < 4.78 is 5.01. The van der Waals surface area contributed by atoms with Crippen molar-refractivity contribution in [2.45, 2.75) is 6.61 Å². The summed E-state index contributed by atoms with van der Waals surface area (Å²) in [5.41, 5.74) is 13.4. The van der Waals surface area contributed by atoms with Gasteiger partial charge in [0.05, 0.1) is 0 Å². The fourth-order valence-corrected chi connectivity index (χ4v) is 1.57. The van der Waals surface area contributed by atoms with Crippen LogP contribution in [0, 0.1) is 0 Å². The molecule has 0 atom stereocenters. The zero-order chi connectivity index (χ0) is 14.4. The number of carbonyl (C=O) groups excluding carboxylic acids is 1. The van der Waals surface area contributed by atoms with Crippen LogP contribution in [-0.4, -0.2) is 11.9 Å². The normalized spacial score (nSPS) is 10.6. The largest absolute Gasteiger partial charge is 0.443 e. The topological polar surface area (TPSA) is 90.7 Å². The first-order valence-electron chi connectivity index (χ1n) is 6.06. The summed E-state index contributed by atoms with van der Waals surface area (Å²) in [5, 5.41) is 0. The molecule has 0 spiro atoms. The monoisotopic (exact) mass is 305 g/mol. The SMILES string of the molecule is Cl.NC(=NC(=O)OCc1ccccc1)c1ccc(N)cc1. The van der Waals surface area contributed by atoms with E-state index < -0.39 is 6.09 Å². The molecule has 0 saturated carbocycles. The van der Waals surface area contributed by atoms with Crippen molar-refractivity contribution in [2.24, 2.45) is 10.7 Å². The number of rotatable bonds is 3. The number of amides is 1. The van der Waals surface area contributed by atoms with E-state index in [0.29, 0.717) is 11.3 Å². The molecule has 2 aromatic rings. The Labute approximate surface area is 129 Å². The number of ether oxygens (including phenoxy) is 1. The molecule has 0 heterocycles. The second-order valence-corrected chi connectivity index (χ2v) is 4.16. The quantitative estimate of drug-likeness (QED) is 0.518. The standard InChI is InChI=1S/C15H15N3O2.ClH/c16-13-8-6-12(7-9-13)14(17)18-15(19)20-10-11-4-2-1-3-5-11;/h1-9H,10,16H2,(H2,17,18,19);1H. The van der Waals surface area contributed by atoms with Crippen molar-refractivity contribution in [3.63, 3.8) is 0 Å². The van der Waals surface area contributed by atoms with Crippen molar-refractivity contribution >= 4 is 30.0 Å². The molecule has 1 amide bonds. The number of benzene rings is 2. The van der Waals surface area contributed by atoms with Gasteiger partial charge in [-0.15, -0.1) is 12.4 Å². The number of hydrogen-bond acceptors (Lipinski definition) is 3. The van der Waals surface area contributed by atoms with Gasteiger partial charge in [0, 0.05) is 11.3 Å². The first-order chi connectivity index (χ1) is 9.65. The third-order valence-corrected chi connectivity index (χ3v) is 2.62. The predicted molar refractivity (Wildman–Crippen MR) is 85.5 cm³/mol. The van der Waals surface area contributed by atoms with Gasteiger partial charge in [0.25, 0.3) is 0 Å². The summed E-state index contributed by atoms with van der Waals surface area (Å²) in [6.07, 6.45) is -0.719. The van der Waals surface area contributed by atoms with Crippen molar-refractivity contribution in [1.29, 1.82) is 0 Å². The number of amidine groups is 1. The Morgan fingerprint density at radius 2 is 1.67 bits per heavy atom. The zero-order valence-corrected chi connectivity index (χ0v) is 12.0. The number of nitrogens with two attached hydrogens (primary N) is 2. The summed E-state index contributed by atoms with van der Waals surface area (Å²) in [6.45, 7) is 0.165. The predicted octanol–water partition coefficient (Wildman–Crippen LogP) is 2.73. The Morgan fingerprint density at radius 3 is 2.29 bits per heavy atom. The third-order valence-electron chi connectivity index (χ3n) is 2.62. The Balaban J connectivity index is 0.00000220. The van der Waals surface area contributed by atoms with Gasteiger partial charge < -0.3 is 16.2 Å². The smallest absolute Gasteiger partial charge is 0.435 e. The van der Waals surface area contributed by atoms with E-state index in [4.69, 9.17) is 16.2 Å². The van der Waals surface area contributed by atoms with Crippen molar-refractivity contribution < 1.29 is 9.53 Å². The lowest BCUT2D eigenvalue weighted by Gasteiger charge is -2.03. The van der Waals surface area contributed by atoms with Crippen LogP contribution >= 0.6 is 12.4 Å². The van der Waals surface area contributed by atoms with Crippen LogP contribution in [0.2, 0.25) is 0 Å². The average molecular weight is 306 g/mol.